The average Bonchev–Trinajstić information content (AvgIpc) is 2.63. The van der Waals surface area contributed by atoms with E-state index in [1.807, 2.05) is 12.1 Å². The molecule has 0 radical (unpaired) electrons. The molecule has 0 saturated carbocycles. The van der Waals surface area contributed by atoms with Crippen molar-refractivity contribution in [3.63, 3.8) is 0 Å². The monoisotopic (exact) mass is 272 g/mol. The second kappa shape index (κ2) is 5.85. The van der Waals surface area contributed by atoms with Crippen LogP contribution in [0.3, 0.4) is 0 Å². The molecule has 0 spiro atoms. The minimum absolute atomic E-state index is 0.0756. The molecule has 1 aromatic heterocycles. The molecule has 5 heteroatoms. The molecule has 1 aliphatic heterocycles. The first kappa shape index (κ1) is 12.9. The van der Waals surface area contributed by atoms with Crippen LogP contribution in [-0.4, -0.2) is 18.5 Å². The van der Waals surface area contributed by atoms with Crippen molar-refractivity contribution >= 4 is 28.8 Å². The zero-order valence-corrected chi connectivity index (χ0v) is 11.4. The first-order valence-corrected chi connectivity index (χ1v) is 7.15. The second-order valence-corrected chi connectivity index (χ2v) is 6.12. The molecule has 17 heavy (non-hydrogen) atoms. The summed E-state index contributed by atoms with van der Waals surface area (Å²) in [4.78, 5) is 13.0. The van der Waals surface area contributed by atoms with E-state index in [-0.39, 0.29) is 18.0 Å². The highest BCUT2D eigenvalue weighted by atomic mass is 35.5. The number of nitrogens with one attached hydrogen (secondary N) is 2. The lowest BCUT2D eigenvalue weighted by Crippen LogP contribution is -2.43. The van der Waals surface area contributed by atoms with Crippen LogP contribution in [0.4, 0.5) is 0 Å². The molecule has 1 aliphatic rings. The maximum Gasteiger partial charge on any atom is 0.237 e. The first-order valence-electron chi connectivity index (χ1n) is 5.96. The number of halogens is 1. The van der Waals surface area contributed by atoms with E-state index in [1.165, 1.54) is 4.88 Å². The van der Waals surface area contributed by atoms with E-state index in [0.29, 0.717) is 0 Å². The summed E-state index contributed by atoms with van der Waals surface area (Å²) in [5.41, 5.74) is 0. The van der Waals surface area contributed by atoms with Gasteiger partial charge in [-0.25, -0.2) is 0 Å². The predicted molar refractivity (Wildman–Crippen MR) is 71.5 cm³/mol. The second-order valence-electron chi connectivity index (χ2n) is 4.37. The standard InChI is InChI=1S/C12H17ClN2OS/c1-8(10-5-6-11(13)17-10)15-9-4-2-3-7-14-12(9)16/h5-6,8-9,15H,2-4,7H2,1H3,(H,14,16). The van der Waals surface area contributed by atoms with Crippen LogP contribution in [0.25, 0.3) is 0 Å². The maximum atomic E-state index is 11.8. The van der Waals surface area contributed by atoms with Gasteiger partial charge in [0.2, 0.25) is 5.91 Å². The molecule has 1 fully saturated rings. The predicted octanol–water partition coefficient (Wildman–Crippen LogP) is 2.72. The quantitative estimate of drug-likeness (QED) is 0.888. The fourth-order valence-corrected chi connectivity index (χ4v) is 3.12. The molecule has 2 atom stereocenters. The van der Waals surface area contributed by atoms with Gasteiger partial charge in [-0.1, -0.05) is 11.6 Å². The van der Waals surface area contributed by atoms with Gasteiger partial charge in [0.15, 0.2) is 0 Å². The van der Waals surface area contributed by atoms with Crippen molar-refractivity contribution in [3.8, 4) is 0 Å². The summed E-state index contributed by atoms with van der Waals surface area (Å²) in [7, 11) is 0. The summed E-state index contributed by atoms with van der Waals surface area (Å²) in [6, 6.07) is 4.00. The van der Waals surface area contributed by atoms with Crippen molar-refractivity contribution in [2.75, 3.05) is 6.54 Å². The molecule has 1 saturated heterocycles. The van der Waals surface area contributed by atoms with Crippen molar-refractivity contribution in [1.29, 1.82) is 0 Å². The van der Waals surface area contributed by atoms with Gasteiger partial charge in [-0.3, -0.25) is 10.1 Å². The summed E-state index contributed by atoms with van der Waals surface area (Å²) in [6.45, 7) is 2.87. The van der Waals surface area contributed by atoms with Crippen LogP contribution in [0.5, 0.6) is 0 Å². The Morgan fingerprint density at radius 3 is 3.06 bits per heavy atom. The van der Waals surface area contributed by atoms with Gasteiger partial charge in [0, 0.05) is 17.5 Å². The molecule has 2 heterocycles. The van der Waals surface area contributed by atoms with Gasteiger partial charge < -0.3 is 5.32 Å². The number of carbonyl (C=O) groups is 1. The summed E-state index contributed by atoms with van der Waals surface area (Å²) in [6.07, 6.45) is 3.08. The highest BCUT2D eigenvalue weighted by Gasteiger charge is 2.22. The lowest BCUT2D eigenvalue weighted by molar-refractivity contribution is -0.123. The van der Waals surface area contributed by atoms with Gasteiger partial charge in [-0.05, 0) is 38.3 Å². The van der Waals surface area contributed by atoms with Crippen LogP contribution >= 0.6 is 22.9 Å². The Kier molecular flexibility index (Phi) is 4.42. The number of rotatable bonds is 3. The molecule has 1 amide bonds. The van der Waals surface area contributed by atoms with Crippen molar-refractivity contribution < 1.29 is 4.79 Å². The molecular formula is C12H17ClN2OS. The van der Waals surface area contributed by atoms with Gasteiger partial charge >= 0.3 is 0 Å². The fourth-order valence-electron chi connectivity index (χ4n) is 2.04. The number of hydrogen-bond acceptors (Lipinski definition) is 3. The van der Waals surface area contributed by atoms with Crippen LogP contribution in [0.1, 0.15) is 37.1 Å². The van der Waals surface area contributed by atoms with Crippen LogP contribution in [0.2, 0.25) is 4.34 Å². The Morgan fingerprint density at radius 2 is 2.35 bits per heavy atom. The normalized spacial score (nSPS) is 22.9. The largest absolute Gasteiger partial charge is 0.355 e. The van der Waals surface area contributed by atoms with Crippen LogP contribution in [0, 0.1) is 0 Å². The molecule has 0 aliphatic carbocycles. The number of amides is 1. The van der Waals surface area contributed by atoms with Gasteiger partial charge in [0.1, 0.15) is 0 Å². The minimum atomic E-state index is -0.0756. The van der Waals surface area contributed by atoms with Crippen molar-refractivity contribution in [3.05, 3.63) is 21.3 Å². The SMILES string of the molecule is CC(NC1CCCCNC1=O)c1ccc(Cl)s1. The van der Waals surface area contributed by atoms with Gasteiger partial charge in [-0.2, -0.15) is 0 Å². The summed E-state index contributed by atoms with van der Waals surface area (Å²) in [5, 5.41) is 6.31. The number of hydrogen-bond donors (Lipinski definition) is 2. The van der Waals surface area contributed by atoms with E-state index < -0.39 is 0 Å². The van der Waals surface area contributed by atoms with Crippen LogP contribution in [-0.2, 0) is 4.79 Å². The zero-order chi connectivity index (χ0) is 12.3. The van der Waals surface area contributed by atoms with E-state index in [0.717, 1.165) is 30.1 Å². The third kappa shape index (κ3) is 3.44. The number of carbonyl (C=O) groups excluding carboxylic acids is 1. The Balaban J connectivity index is 1.97. The number of thiophene rings is 1. The molecular weight excluding hydrogens is 256 g/mol. The van der Waals surface area contributed by atoms with E-state index in [2.05, 4.69) is 17.6 Å². The third-order valence-corrected chi connectivity index (χ3v) is 4.42. The Morgan fingerprint density at radius 1 is 1.53 bits per heavy atom. The van der Waals surface area contributed by atoms with Crippen LogP contribution < -0.4 is 10.6 Å². The van der Waals surface area contributed by atoms with Crippen molar-refractivity contribution in [2.24, 2.45) is 0 Å². The molecule has 2 rings (SSSR count). The summed E-state index contributed by atoms with van der Waals surface area (Å²) < 4.78 is 0.791. The lowest BCUT2D eigenvalue weighted by Gasteiger charge is -2.20. The van der Waals surface area contributed by atoms with E-state index in [9.17, 15) is 4.79 Å². The van der Waals surface area contributed by atoms with E-state index in [4.69, 9.17) is 11.6 Å². The smallest absolute Gasteiger partial charge is 0.237 e. The summed E-state index contributed by atoms with van der Waals surface area (Å²) >= 11 is 7.48. The van der Waals surface area contributed by atoms with Gasteiger partial charge in [0.05, 0.1) is 10.4 Å². The highest BCUT2D eigenvalue weighted by molar-refractivity contribution is 7.16. The van der Waals surface area contributed by atoms with E-state index >= 15 is 0 Å². The zero-order valence-electron chi connectivity index (χ0n) is 9.83. The fraction of sp³-hybridized carbons (Fsp3) is 0.583. The molecule has 0 aromatic carbocycles. The highest BCUT2D eigenvalue weighted by Crippen LogP contribution is 2.27. The molecule has 1 aromatic rings. The molecule has 94 valence electrons. The van der Waals surface area contributed by atoms with Gasteiger partial charge in [0.25, 0.3) is 0 Å². The first-order chi connectivity index (χ1) is 8.16. The summed E-state index contributed by atoms with van der Waals surface area (Å²) in [5.74, 6) is 0.122. The lowest BCUT2D eigenvalue weighted by atomic mass is 10.1. The molecule has 2 N–H and O–H groups in total. The third-order valence-electron chi connectivity index (χ3n) is 3.01. The Labute approximate surface area is 111 Å². The Bertz CT molecular complexity index is 394. The van der Waals surface area contributed by atoms with E-state index in [1.54, 1.807) is 11.3 Å². The molecule has 0 bridgehead atoms. The Hall–Kier alpha value is -0.580. The molecule has 2 unspecified atom stereocenters. The van der Waals surface area contributed by atoms with Crippen molar-refractivity contribution in [1.82, 2.24) is 10.6 Å². The van der Waals surface area contributed by atoms with Crippen molar-refractivity contribution in [2.45, 2.75) is 38.3 Å². The maximum absolute atomic E-state index is 11.8. The minimum Gasteiger partial charge on any atom is -0.355 e. The average molecular weight is 273 g/mol. The van der Waals surface area contributed by atoms with Crippen LogP contribution in [0.15, 0.2) is 12.1 Å². The topological polar surface area (TPSA) is 41.1 Å². The molecule has 3 nitrogen and oxygen atoms in total. The van der Waals surface area contributed by atoms with Gasteiger partial charge in [-0.15, -0.1) is 11.3 Å².